The monoisotopic (exact) mass is 415 g/mol. The number of pyridine rings is 1. The maximum atomic E-state index is 13.8. The second kappa shape index (κ2) is 6.59. The number of nitrogens with zero attached hydrogens (tertiary/aromatic N) is 1. The van der Waals surface area contributed by atoms with Gasteiger partial charge < -0.3 is 4.40 Å². The average molecular weight is 415 g/mol. The maximum Gasteiger partial charge on any atom is 0.211 e. The summed E-state index contributed by atoms with van der Waals surface area (Å²) in [5, 5.41) is 1.98. The molecule has 0 aliphatic heterocycles. The quantitative estimate of drug-likeness (QED) is 0.356. The fraction of sp³-hybridized carbons (Fsp3) is 0.0357. The number of benzene rings is 3. The van der Waals surface area contributed by atoms with Crippen LogP contribution in [0.3, 0.4) is 0 Å². The zero-order chi connectivity index (χ0) is 22.0. The molecule has 1 aliphatic rings. The van der Waals surface area contributed by atoms with Gasteiger partial charge in [0.25, 0.3) is 0 Å². The minimum atomic E-state index is -0.291. The summed E-state index contributed by atoms with van der Waals surface area (Å²) in [4.78, 5) is 40.8. The van der Waals surface area contributed by atoms with Gasteiger partial charge in [0, 0.05) is 22.9 Å². The Balaban J connectivity index is 1.67. The summed E-state index contributed by atoms with van der Waals surface area (Å²) in [6, 6.07) is 23.9. The molecule has 0 bridgehead atoms. The van der Waals surface area contributed by atoms with Crippen LogP contribution in [0.2, 0.25) is 0 Å². The molecule has 32 heavy (non-hydrogen) atoms. The number of rotatable bonds is 2. The molecule has 0 saturated carbocycles. The van der Waals surface area contributed by atoms with Crippen LogP contribution in [0.25, 0.3) is 16.3 Å². The summed E-state index contributed by atoms with van der Waals surface area (Å²) >= 11 is 0. The highest BCUT2D eigenvalue weighted by Gasteiger charge is 2.37. The third kappa shape index (κ3) is 2.47. The zero-order valence-corrected chi connectivity index (χ0v) is 17.3. The van der Waals surface area contributed by atoms with Crippen LogP contribution in [-0.2, 0) is 0 Å². The van der Waals surface area contributed by atoms with E-state index in [1.165, 1.54) is 0 Å². The van der Waals surface area contributed by atoms with Gasteiger partial charge >= 0.3 is 0 Å². The van der Waals surface area contributed by atoms with E-state index in [4.69, 9.17) is 0 Å². The van der Waals surface area contributed by atoms with E-state index >= 15 is 0 Å². The van der Waals surface area contributed by atoms with Gasteiger partial charge in [-0.1, -0.05) is 60.7 Å². The van der Waals surface area contributed by atoms with Gasteiger partial charge in [-0.3, -0.25) is 14.4 Å². The lowest BCUT2D eigenvalue weighted by Crippen LogP contribution is -2.22. The molecule has 2 aromatic heterocycles. The first kappa shape index (κ1) is 18.5. The van der Waals surface area contributed by atoms with Crippen molar-refractivity contribution in [2.75, 3.05) is 0 Å². The van der Waals surface area contributed by atoms with Crippen molar-refractivity contribution in [1.82, 2.24) is 4.40 Å². The first-order valence-corrected chi connectivity index (χ1v) is 10.4. The standard InChI is InChI=1S/C28H17NO3/c1-16-12-13-29-22(14-16)23(26(30)19-11-10-17-6-2-3-7-18(17)15-19)24-25(29)28(32)21-9-5-4-8-20(21)27(24)31/h2-15H,1H3. The molecule has 5 aromatic rings. The largest absolute Gasteiger partial charge is 0.312 e. The molecule has 0 atom stereocenters. The molecule has 0 saturated heterocycles. The Bertz CT molecular complexity index is 1640. The number of hydrogen-bond acceptors (Lipinski definition) is 3. The molecule has 6 rings (SSSR count). The zero-order valence-electron chi connectivity index (χ0n) is 17.3. The van der Waals surface area contributed by atoms with Crippen molar-refractivity contribution in [1.29, 1.82) is 0 Å². The normalized spacial score (nSPS) is 12.8. The maximum absolute atomic E-state index is 13.8. The van der Waals surface area contributed by atoms with E-state index in [-0.39, 0.29) is 34.2 Å². The number of aryl methyl sites for hydroxylation is 1. The van der Waals surface area contributed by atoms with Gasteiger partial charge in [0.15, 0.2) is 11.6 Å². The molecule has 0 N–H and O–H groups in total. The summed E-state index contributed by atoms with van der Waals surface area (Å²) in [5.74, 6) is -0.798. The first-order valence-electron chi connectivity index (χ1n) is 10.4. The first-order chi connectivity index (χ1) is 15.5. The lowest BCUT2D eigenvalue weighted by Gasteiger charge is -2.15. The van der Waals surface area contributed by atoms with Crippen LogP contribution in [0.5, 0.6) is 0 Å². The second-order valence-electron chi connectivity index (χ2n) is 8.15. The van der Waals surface area contributed by atoms with Crippen LogP contribution in [0.4, 0.5) is 0 Å². The molecule has 4 heteroatoms. The molecule has 0 unspecified atom stereocenters. The third-order valence-electron chi connectivity index (χ3n) is 6.19. The van der Waals surface area contributed by atoms with Gasteiger partial charge in [0.1, 0.15) is 5.69 Å². The van der Waals surface area contributed by atoms with Crippen molar-refractivity contribution < 1.29 is 14.4 Å². The van der Waals surface area contributed by atoms with Crippen molar-refractivity contribution in [3.05, 3.63) is 124 Å². The third-order valence-corrected chi connectivity index (χ3v) is 6.19. The average Bonchev–Trinajstić information content (AvgIpc) is 3.16. The highest BCUT2D eigenvalue weighted by molar-refractivity contribution is 6.33. The van der Waals surface area contributed by atoms with Crippen LogP contribution in [0.1, 0.15) is 53.5 Å². The van der Waals surface area contributed by atoms with Crippen molar-refractivity contribution in [2.45, 2.75) is 6.92 Å². The van der Waals surface area contributed by atoms with E-state index < -0.39 is 0 Å². The van der Waals surface area contributed by atoms with Crippen LogP contribution in [-0.4, -0.2) is 21.8 Å². The highest BCUT2D eigenvalue weighted by atomic mass is 16.1. The summed E-state index contributed by atoms with van der Waals surface area (Å²) in [6.07, 6.45) is 1.76. The van der Waals surface area contributed by atoms with Crippen LogP contribution < -0.4 is 0 Å². The number of carbonyl (C=O) groups excluding carboxylic acids is 3. The van der Waals surface area contributed by atoms with Crippen molar-refractivity contribution in [2.24, 2.45) is 0 Å². The molecular weight excluding hydrogens is 398 g/mol. The van der Waals surface area contributed by atoms with Crippen LogP contribution >= 0.6 is 0 Å². The van der Waals surface area contributed by atoms with E-state index in [1.54, 1.807) is 40.9 Å². The number of carbonyl (C=O) groups is 3. The van der Waals surface area contributed by atoms with Crippen molar-refractivity contribution in [3.63, 3.8) is 0 Å². The van der Waals surface area contributed by atoms with Crippen LogP contribution in [0.15, 0.2) is 85.1 Å². The molecule has 3 aromatic carbocycles. The van der Waals surface area contributed by atoms with E-state index in [0.29, 0.717) is 22.2 Å². The molecule has 1 aliphatic carbocycles. The Morgan fingerprint density at radius 2 is 1.44 bits per heavy atom. The van der Waals surface area contributed by atoms with Gasteiger partial charge in [-0.15, -0.1) is 0 Å². The molecule has 152 valence electrons. The summed E-state index contributed by atoms with van der Waals surface area (Å²) < 4.78 is 1.69. The summed E-state index contributed by atoms with van der Waals surface area (Å²) in [5.41, 5.74) is 3.44. The Morgan fingerprint density at radius 1 is 0.750 bits per heavy atom. The van der Waals surface area contributed by atoms with E-state index in [9.17, 15) is 14.4 Å². The second-order valence-corrected chi connectivity index (χ2v) is 8.15. The van der Waals surface area contributed by atoms with E-state index in [2.05, 4.69) is 0 Å². The Morgan fingerprint density at radius 3 is 2.22 bits per heavy atom. The lowest BCUT2D eigenvalue weighted by molar-refractivity contribution is 0.0970. The van der Waals surface area contributed by atoms with Gasteiger partial charge in [-0.2, -0.15) is 0 Å². The van der Waals surface area contributed by atoms with Gasteiger partial charge in [0.05, 0.1) is 16.6 Å². The molecule has 0 spiro atoms. The van der Waals surface area contributed by atoms with Crippen molar-refractivity contribution >= 4 is 33.6 Å². The van der Waals surface area contributed by atoms with Crippen molar-refractivity contribution in [3.8, 4) is 0 Å². The fourth-order valence-electron chi connectivity index (χ4n) is 4.65. The summed E-state index contributed by atoms with van der Waals surface area (Å²) in [7, 11) is 0. The number of ketones is 3. The highest BCUT2D eigenvalue weighted by Crippen LogP contribution is 2.35. The fourth-order valence-corrected chi connectivity index (χ4v) is 4.65. The summed E-state index contributed by atoms with van der Waals surface area (Å²) in [6.45, 7) is 1.93. The topological polar surface area (TPSA) is 55.6 Å². The predicted octanol–water partition coefficient (Wildman–Crippen LogP) is 5.41. The minimum absolute atomic E-state index is 0.192. The smallest absolute Gasteiger partial charge is 0.211 e. The Hall–Kier alpha value is -4.31. The number of aromatic nitrogens is 1. The minimum Gasteiger partial charge on any atom is -0.312 e. The van der Waals surface area contributed by atoms with Gasteiger partial charge in [0.2, 0.25) is 5.78 Å². The van der Waals surface area contributed by atoms with Crippen LogP contribution in [0, 0.1) is 6.92 Å². The number of fused-ring (bicyclic) bond motifs is 5. The number of hydrogen-bond donors (Lipinski definition) is 0. The van der Waals surface area contributed by atoms with E-state index in [0.717, 1.165) is 16.3 Å². The molecule has 0 fully saturated rings. The molecule has 4 nitrogen and oxygen atoms in total. The Labute approximate surface area is 183 Å². The van der Waals surface area contributed by atoms with Gasteiger partial charge in [-0.05, 0) is 41.5 Å². The SMILES string of the molecule is Cc1ccn2c3c(c(C(=O)c4ccc5ccccc5c4)c2c1)C(=O)c1ccccc1C3=O. The molecule has 0 radical (unpaired) electrons. The van der Waals surface area contributed by atoms with E-state index in [1.807, 2.05) is 55.5 Å². The molecular formula is C28H17NO3. The lowest BCUT2D eigenvalue weighted by atomic mass is 9.84. The predicted molar refractivity (Wildman–Crippen MR) is 123 cm³/mol. The molecule has 0 amide bonds. The molecule has 2 heterocycles. The van der Waals surface area contributed by atoms with Gasteiger partial charge in [-0.25, -0.2) is 0 Å². The Kier molecular flexibility index (Phi) is 3.80.